The molecule has 100 heavy (non-hydrogen) atoms. The van der Waals surface area contributed by atoms with Crippen LogP contribution >= 0.6 is 23.2 Å². The van der Waals surface area contributed by atoms with Crippen molar-refractivity contribution < 1.29 is 113 Å². The molecule has 0 spiro atoms. The molecule has 18 atom stereocenters. The van der Waals surface area contributed by atoms with Gasteiger partial charge in [-0.2, -0.15) is 0 Å². The van der Waals surface area contributed by atoms with Crippen molar-refractivity contribution in [3.05, 3.63) is 117 Å². The number of carboxylic acids is 1. The number of aliphatic hydroxyl groups excluding tert-OH is 6. The number of phenolic OH excluding ortho intramolecular Hbond substituents is 3. The van der Waals surface area contributed by atoms with Gasteiger partial charge in [-0.1, -0.05) is 55.2 Å². The number of aliphatic hydroxyl groups is 6. The molecule has 0 saturated carbocycles. The zero-order valence-electron chi connectivity index (χ0n) is 53.9. The molecule has 11 bridgehead atoms. The maximum atomic E-state index is 16.0. The average molecular weight is 1430 g/mol. The predicted molar refractivity (Wildman–Crippen MR) is 348 cm³/mol. The molecule has 0 radical (unpaired) electrons. The van der Waals surface area contributed by atoms with E-state index >= 15 is 14.4 Å². The van der Waals surface area contributed by atoms with Crippen molar-refractivity contribution in [1.29, 1.82) is 0 Å². The molecule has 12 rings (SSSR count). The molecule has 7 aliphatic heterocycles. The van der Waals surface area contributed by atoms with Crippen molar-refractivity contribution in [2.75, 3.05) is 13.7 Å². The topological polar surface area (TPSA) is 521 Å². The number of aromatic hydroxyl groups is 3. The quantitative estimate of drug-likeness (QED) is 0.0803. The van der Waals surface area contributed by atoms with Crippen LogP contribution < -0.4 is 62.9 Å². The van der Waals surface area contributed by atoms with Gasteiger partial charge in [-0.3, -0.25) is 33.6 Å². The van der Waals surface area contributed by atoms with Crippen LogP contribution in [-0.2, 0) is 47.8 Å². The lowest BCUT2D eigenvalue weighted by Crippen LogP contribution is -2.66. The van der Waals surface area contributed by atoms with Gasteiger partial charge in [-0.25, -0.2) is 4.79 Å². The summed E-state index contributed by atoms with van der Waals surface area (Å²) in [5, 5.41) is 131. The van der Waals surface area contributed by atoms with E-state index in [4.69, 9.17) is 58.4 Å². The Kier molecular flexibility index (Phi) is 21.8. The monoisotopic (exact) mass is 1430 g/mol. The van der Waals surface area contributed by atoms with Gasteiger partial charge in [0, 0.05) is 28.3 Å². The summed E-state index contributed by atoms with van der Waals surface area (Å²) in [4.78, 5) is 117. The zero-order valence-corrected chi connectivity index (χ0v) is 55.4. The van der Waals surface area contributed by atoms with E-state index in [0.717, 1.165) is 66.7 Å². The number of likely N-dealkylation sites (N-methyl/N-ethyl adjacent to an activating group) is 1. The molecule has 7 amide bonds. The molecule has 2 saturated heterocycles. The maximum Gasteiger partial charge on any atom is 0.330 e. The van der Waals surface area contributed by atoms with Crippen molar-refractivity contribution in [2.24, 2.45) is 23.3 Å². The Morgan fingerprint density at radius 2 is 1.31 bits per heavy atom. The Labute approximate surface area is 579 Å². The van der Waals surface area contributed by atoms with Crippen molar-refractivity contribution in [3.8, 4) is 57.1 Å². The van der Waals surface area contributed by atoms with E-state index in [-0.39, 0.29) is 52.0 Å². The van der Waals surface area contributed by atoms with Crippen molar-refractivity contribution >= 4 is 70.5 Å². The summed E-state index contributed by atoms with van der Waals surface area (Å²) in [7, 11) is 1.48. The summed E-state index contributed by atoms with van der Waals surface area (Å²) in [5.41, 5.74) is 8.17. The molecule has 536 valence electrons. The number of amides is 7. The fourth-order valence-electron chi connectivity index (χ4n) is 12.9. The van der Waals surface area contributed by atoms with Crippen molar-refractivity contribution in [1.82, 2.24) is 37.2 Å². The normalized spacial score (nSPS) is 29.6. The van der Waals surface area contributed by atoms with Crippen LogP contribution in [0.25, 0.3) is 11.1 Å². The number of hydrogen-bond acceptors (Lipinski definition) is 24. The van der Waals surface area contributed by atoms with E-state index in [1.54, 1.807) is 0 Å². The largest absolute Gasteiger partial charge is 0.508 e. The van der Waals surface area contributed by atoms with E-state index in [1.165, 1.54) is 33.0 Å². The van der Waals surface area contributed by atoms with Crippen LogP contribution in [0.3, 0.4) is 0 Å². The zero-order chi connectivity index (χ0) is 72.8. The highest BCUT2D eigenvalue weighted by Gasteiger charge is 2.55. The van der Waals surface area contributed by atoms with Gasteiger partial charge in [0.05, 0.1) is 59.4 Å². The maximum absolute atomic E-state index is 16.0. The van der Waals surface area contributed by atoms with Crippen LogP contribution in [0.5, 0.6) is 46.0 Å². The second-order valence-electron chi connectivity index (χ2n) is 25.8. The summed E-state index contributed by atoms with van der Waals surface area (Å²) >= 11 is 14.1. The van der Waals surface area contributed by atoms with Gasteiger partial charge >= 0.3 is 5.97 Å². The highest BCUT2D eigenvalue weighted by Crippen LogP contribution is 2.51. The first-order valence-electron chi connectivity index (χ1n) is 31.5. The van der Waals surface area contributed by atoms with Crippen LogP contribution in [-0.4, -0.2) is 185 Å². The molecular weight excluding hydrogens is 1360 g/mol. The fraction of sp³-hybridized carbons (Fsp3) is 0.424. The van der Waals surface area contributed by atoms with E-state index in [0.29, 0.717) is 0 Å². The molecule has 32 nitrogen and oxygen atoms in total. The summed E-state index contributed by atoms with van der Waals surface area (Å²) in [6, 6.07) is -0.459. The highest BCUT2D eigenvalue weighted by atomic mass is 35.5. The third-order valence-corrected chi connectivity index (χ3v) is 18.6. The van der Waals surface area contributed by atoms with Crippen molar-refractivity contribution in [3.63, 3.8) is 0 Å². The van der Waals surface area contributed by atoms with Gasteiger partial charge in [-0.05, 0) is 117 Å². The number of ether oxygens (including phenoxy) is 5. The highest BCUT2D eigenvalue weighted by molar-refractivity contribution is 6.32. The number of carbonyl (C=O) groups is 8. The summed E-state index contributed by atoms with van der Waals surface area (Å²) in [6.45, 7) is 5.72. The van der Waals surface area contributed by atoms with E-state index in [9.17, 15) is 75.0 Å². The first kappa shape index (κ1) is 73.6. The third kappa shape index (κ3) is 15.1. The van der Waals surface area contributed by atoms with Crippen LogP contribution in [0.15, 0.2) is 78.9 Å². The summed E-state index contributed by atoms with van der Waals surface area (Å²) in [6.07, 6.45) is -16.2. The van der Waals surface area contributed by atoms with Crippen LogP contribution in [0.2, 0.25) is 10.0 Å². The minimum Gasteiger partial charge on any atom is -0.508 e. The third-order valence-electron chi connectivity index (χ3n) is 18.1. The fourth-order valence-corrected chi connectivity index (χ4v) is 13.3. The number of nitrogens with two attached hydrogens (primary N) is 2. The molecule has 2 fully saturated rings. The number of primary amides is 1. The number of rotatable bonds is 12. The molecule has 7 heterocycles. The Balaban J connectivity index is 1.25. The van der Waals surface area contributed by atoms with Crippen LogP contribution in [0, 0.1) is 11.8 Å². The van der Waals surface area contributed by atoms with Gasteiger partial charge in [0.2, 0.25) is 53.4 Å². The van der Waals surface area contributed by atoms with Crippen molar-refractivity contribution in [2.45, 2.75) is 150 Å². The Bertz CT molecular complexity index is 4050. The molecule has 0 aromatic heterocycles. The second kappa shape index (κ2) is 29.6. The lowest BCUT2D eigenvalue weighted by atomic mass is 9.76. The standard InChI is InChI=1S/C66H75Cl2N9O23/c1-23(2)12-34(71-5)58(88)76-50-52(83)26-7-10-38(32(67)14-26)97-40-16-28-17-41(56(40)100-65-46(55(86)54(85)43(22-78)99-65)42-21-66(4,70)57(87)24(3)96-42)98-39-11-8-27(15-33(39)68)53(84)51-63(93)75-49(64(94)95)31-18-29(79)19-37(81)45(31)30-13-25(6-9-36(30)80)47(60(90)77-51)74-61(91)48(28)73-59(89)35(20-44(69)82)72-62(50)92/h6-11,13-19,23-24,34-35,42-43,46-55,57,65,71,78-81,83-87H,12,20-22,70H2,1-5H3,(H2,69,82)(H,72,92)(H,73,89)(H,74,91)(H,75,93)(H,76,88)(H,77,90)(H,94,95)/t24-,34+,35-,42?,43+,46+,47+,48+,49-,50?,51-,52+,53+,54+,55+,57+,65-,66-/m0/s1. The summed E-state index contributed by atoms with van der Waals surface area (Å²) in [5.74, 6) is -17.3. The van der Waals surface area contributed by atoms with E-state index < -0.39 is 231 Å². The lowest BCUT2D eigenvalue weighted by molar-refractivity contribution is -0.293. The van der Waals surface area contributed by atoms with Gasteiger partial charge in [0.15, 0.2) is 17.5 Å². The Morgan fingerprint density at radius 3 is 1.89 bits per heavy atom. The smallest absolute Gasteiger partial charge is 0.330 e. The summed E-state index contributed by atoms with van der Waals surface area (Å²) < 4.78 is 32.6. The number of carboxylic acid groups (broad SMARTS) is 1. The number of benzene rings is 5. The molecule has 34 heteroatoms. The molecule has 5 aromatic carbocycles. The number of carbonyl (C=O) groups excluding carboxylic acids is 7. The molecular formula is C66H75Cl2N9O23. The lowest BCUT2D eigenvalue weighted by Gasteiger charge is -2.50. The second-order valence-corrected chi connectivity index (χ2v) is 26.6. The van der Waals surface area contributed by atoms with Crippen LogP contribution in [0.1, 0.15) is 105 Å². The first-order chi connectivity index (χ1) is 47.2. The molecule has 5 aromatic rings. The van der Waals surface area contributed by atoms with E-state index in [2.05, 4.69) is 37.2 Å². The first-order valence-corrected chi connectivity index (χ1v) is 32.2. The van der Waals surface area contributed by atoms with Gasteiger partial charge in [-0.15, -0.1) is 0 Å². The number of aliphatic carboxylic acids is 1. The molecule has 0 aliphatic carbocycles. The van der Waals surface area contributed by atoms with Gasteiger partial charge in [0.1, 0.15) is 83.4 Å². The minimum atomic E-state index is -2.33. The molecule has 21 N–H and O–H groups in total. The average Bonchev–Trinajstić information content (AvgIpc) is 0.763. The minimum absolute atomic E-state index is 0.0931. The molecule has 2 unspecified atom stereocenters. The number of fused-ring (bicyclic) bond motifs is 15. The number of phenols is 3. The van der Waals surface area contributed by atoms with E-state index in [1.807, 2.05) is 13.8 Å². The predicted octanol–water partition coefficient (Wildman–Crippen LogP) is 0.380. The number of hydrogen-bond donors (Lipinski definition) is 19. The Hall–Kier alpha value is -9.16. The van der Waals surface area contributed by atoms with Crippen LogP contribution in [0.4, 0.5) is 0 Å². The van der Waals surface area contributed by atoms with Gasteiger partial charge in [0.25, 0.3) is 0 Å². The Morgan fingerprint density at radius 1 is 0.710 bits per heavy atom. The SMILES string of the molecule is CN[C@H](CC(C)C)C(=O)NC1C(=O)N[C@@H](CC(N)=O)C(=O)N[C@H]2C(=O)N[C@H]3C(=O)N[C@H](C(=O)N[C@H](C(=O)O)c4cc(O)cc(O)c4-c4cc3ccc4O)[C@H](O)c3ccc(c(Cl)c3)Oc3cc2cc(c3O[C@@H]2O[C@H](CO)[C@@H](O)[C@H](O)[C@H]2C2C[C@](C)(N)[C@H](O)[C@H](C)O2)Oc2ccc(cc2Cl)[C@H]1O. The van der Waals surface area contributed by atoms with Gasteiger partial charge < -0.3 is 123 Å². The molecule has 7 aliphatic rings. The number of nitrogens with one attached hydrogen (secondary N) is 7. The number of halogens is 2.